The number of ether oxygens (including phenoxy) is 4. The first-order chi connectivity index (χ1) is 32.6. The lowest BCUT2D eigenvalue weighted by Gasteiger charge is -2.36. The standard InChI is InChI=1S/C51H64N4O14/c1-23(2)22-66-50(64)52-30-14-17-55(18-15-30)31-20-32(56)38-34(21-31)68-47-39(53-38)35-36-44(60)29(8)46-37(35)48(62)51(9,69-46)67-19-16-33(65-10)26(5)42(58)28(7)43(59)27(6)41(57)24(3)12-11-13-25(4)49(63)54-40(47)45(36)61/h11-13,16,19-21,23-24,26-28,30,33,41-43,57-60,62H,14-15,17-18,22H2,1-10H3,(H,52,64)(H,54,63)/b12-11+,19-16+,25-13-/t24-,26+,27+,28-,33-,41-,42+,43+,51-/m0/s1. The highest BCUT2D eigenvalue weighted by Crippen LogP contribution is 2.42. The van der Waals surface area contributed by atoms with Crippen LogP contribution in [0.1, 0.15) is 73.8 Å². The molecule has 18 nitrogen and oxygen atoms in total. The Bertz CT molecular complexity index is 2920. The van der Waals surface area contributed by atoms with Crippen molar-refractivity contribution in [1.82, 2.24) is 10.3 Å². The number of phenolic OH excluding ortho intramolecular Hbond substituents is 1. The quantitative estimate of drug-likeness (QED) is 0.0984. The van der Waals surface area contributed by atoms with Crippen LogP contribution in [-0.4, -0.2) is 106 Å². The number of hydrogen-bond acceptors (Lipinski definition) is 16. The summed E-state index contributed by atoms with van der Waals surface area (Å²) >= 11 is 0. The van der Waals surface area contributed by atoms with E-state index in [0.717, 1.165) is 0 Å². The summed E-state index contributed by atoms with van der Waals surface area (Å²) in [6.07, 6.45) is 3.97. The summed E-state index contributed by atoms with van der Waals surface area (Å²) in [4.78, 5) is 62.1. The fourth-order valence-electron chi connectivity index (χ4n) is 9.40. The minimum absolute atomic E-state index is 0.0239. The number of aromatic hydroxyl groups is 1. The van der Waals surface area contributed by atoms with E-state index in [0.29, 0.717) is 38.2 Å². The van der Waals surface area contributed by atoms with Crippen LogP contribution in [0.3, 0.4) is 0 Å². The van der Waals surface area contributed by atoms with Gasteiger partial charge in [-0.05, 0) is 38.7 Å². The lowest BCUT2D eigenvalue weighted by Crippen LogP contribution is -2.45. The zero-order valence-corrected chi connectivity index (χ0v) is 40.7. The van der Waals surface area contributed by atoms with Gasteiger partial charge < -0.3 is 64.4 Å². The predicted molar refractivity (Wildman–Crippen MR) is 260 cm³/mol. The van der Waals surface area contributed by atoms with Crippen molar-refractivity contribution >= 4 is 62.1 Å². The largest absolute Gasteiger partial charge is 0.507 e. The molecule has 9 atom stereocenters. The Morgan fingerprint density at radius 1 is 0.957 bits per heavy atom. The molecule has 69 heavy (non-hydrogen) atoms. The summed E-state index contributed by atoms with van der Waals surface area (Å²) in [5.74, 6) is -6.22. The van der Waals surface area contributed by atoms with Gasteiger partial charge in [-0.3, -0.25) is 14.4 Å². The molecule has 1 saturated heterocycles. The van der Waals surface area contributed by atoms with Crippen molar-refractivity contribution in [3.05, 3.63) is 79.5 Å². The molecular weight excluding hydrogens is 893 g/mol. The molecule has 18 heteroatoms. The van der Waals surface area contributed by atoms with Crippen molar-refractivity contribution in [3.8, 4) is 11.5 Å². The Kier molecular flexibility index (Phi) is 14.7. The number of rotatable bonds is 5. The van der Waals surface area contributed by atoms with Crippen molar-refractivity contribution in [2.45, 2.75) is 111 Å². The molecule has 0 radical (unpaired) electrons. The van der Waals surface area contributed by atoms with Gasteiger partial charge in [-0.2, -0.15) is 0 Å². The van der Waals surface area contributed by atoms with Gasteiger partial charge in [0.2, 0.25) is 10.9 Å². The number of allylic oxidation sites excluding steroid dienone is 2. The number of carbonyl (C=O) groups is 2. The number of hydrogen-bond donors (Lipinski definition) is 7. The minimum Gasteiger partial charge on any atom is -0.507 e. The molecule has 3 aliphatic rings. The highest BCUT2D eigenvalue weighted by Gasteiger charge is 2.44. The Hall–Kier alpha value is -6.21. The molecule has 4 aromatic rings. The topological polar surface area (TPSA) is 260 Å². The number of benzene rings is 3. The molecule has 4 heterocycles. The fraction of sp³-hybridized carbons (Fsp3) is 0.510. The van der Waals surface area contributed by atoms with Gasteiger partial charge in [0.15, 0.2) is 22.4 Å². The van der Waals surface area contributed by atoms with E-state index in [1.165, 1.54) is 52.4 Å². The number of piperidine rings is 1. The van der Waals surface area contributed by atoms with Crippen molar-refractivity contribution < 1.29 is 58.5 Å². The van der Waals surface area contributed by atoms with Crippen LogP contribution < -0.4 is 36.3 Å². The van der Waals surface area contributed by atoms with E-state index in [2.05, 4.69) is 10.6 Å². The number of carbonyl (C=O) groups excluding carboxylic acids is 2. The normalized spacial score (nSPS) is 29.2. The van der Waals surface area contributed by atoms with Crippen LogP contribution >= 0.6 is 0 Å². The maximum Gasteiger partial charge on any atom is 0.407 e. The summed E-state index contributed by atoms with van der Waals surface area (Å²) in [6, 6.07) is 2.86. The first-order valence-corrected chi connectivity index (χ1v) is 23.4. The lowest BCUT2D eigenvalue weighted by molar-refractivity contribution is -0.112. The zero-order chi connectivity index (χ0) is 50.4. The number of nitrogens with one attached hydrogen (secondary N) is 2. The number of aromatic nitrogens is 1. The smallest absolute Gasteiger partial charge is 0.407 e. The van der Waals surface area contributed by atoms with Crippen molar-refractivity contribution in [2.24, 2.45) is 29.6 Å². The van der Waals surface area contributed by atoms with E-state index < -0.39 is 93.9 Å². The summed E-state index contributed by atoms with van der Waals surface area (Å²) in [5.41, 5.74) is -1.78. The van der Waals surface area contributed by atoms with Crippen LogP contribution in [0.15, 0.2) is 62.3 Å². The van der Waals surface area contributed by atoms with E-state index in [-0.39, 0.29) is 67.0 Å². The summed E-state index contributed by atoms with van der Waals surface area (Å²) in [6.45, 7) is 16.4. The Balaban J connectivity index is 1.40. The third-order valence-corrected chi connectivity index (χ3v) is 13.9. The SMILES string of the molecule is CO[C@H]1/C=C/O[C@@]2(C)Oc3c(C)c(O)c4c(=O)c(c5oc6cc(N7CCC(NC(=O)OCC(C)C)CC7)cc(=O)c6nc5c4c3=C2O)NC(=O)/C(C)=C\C=C\[C@H](C)[C@H](O)[C@@H](C)[C@@H](O)[C@@H](C)[C@H](O)[C@@H]1C. The molecule has 0 unspecified atom stereocenters. The third kappa shape index (κ3) is 9.71. The average molecular weight is 957 g/mol. The first kappa shape index (κ1) is 50.7. The van der Waals surface area contributed by atoms with E-state index in [9.17, 15) is 44.7 Å². The summed E-state index contributed by atoms with van der Waals surface area (Å²) < 4.78 is 29.8. The molecule has 0 spiro atoms. The number of nitrogens with zero attached hydrogens (tertiary/aromatic N) is 2. The number of alkyl carbamates (subject to hydrolysis) is 1. The molecule has 7 N–H and O–H groups in total. The molecule has 7 rings (SSSR count). The predicted octanol–water partition coefficient (Wildman–Crippen LogP) is 5.34. The second-order valence-electron chi connectivity index (χ2n) is 19.4. The third-order valence-electron chi connectivity index (χ3n) is 13.9. The van der Waals surface area contributed by atoms with Gasteiger partial charge in [-0.15, -0.1) is 0 Å². The van der Waals surface area contributed by atoms with Gasteiger partial charge in [-0.1, -0.05) is 59.8 Å². The number of anilines is 2. The first-order valence-electron chi connectivity index (χ1n) is 23.4. The van der Waals surface area contributed by atoms with Gasteiger partial charge in [-0.25, -0.2) is 9.78 Å². The molecule has 4 bridgehead atoms. The number of phenols is 1. The Morgan fingerprint density at radius 2 is 1.62 bits per heavy atom. The van der Waals surface area contributed by atoms with E-state index in [4.69, 9.17) is 28.3 Å². The molecule has 3 aromatic carbocycles. The maximum absolute atomic E-state index is 14.9. The fourth-order valence-corrected chi connectivity index (χ4v) is 9.40. The van der Waals surface area contributed by atoms with Gasteiger partial charge in [0.25, 0.3) is 5.91 Å². The number of aliphatic hydroxyl groups excluding tert-OH is 4. The monoisotopic (exact) mass is 956 g/mol. The van der Waals surface area contributed by atoms with Crippen LogP contribution in [0.4, 0.5) is 16.2 Å². The molecule has 3 aliphatic heterocycles. The molecule has 1 fully saturated rings. The van der Waals surface area contributed by atoms with Gasteiger partial charge in [0.1, 0.15) is 22.7 Å². The van der Waals surface area contributed by atoms with Gasteiger partial charge >= 0.3 is 11.9 Å². The lowest BCUT2D eigenvalue weighted by atomic mass is 9.78. The summed E-state index contributed by atoms with van der Waals surface area (Å²) in [5, 5.41) is 63.1. The van der Waals surface area contributed by atoms with Crippen molar-refractivity contribution in [1.29, 1.82) is 0 Å². The zero-order valence-electron chi connectivity index (χ0n) is 40.7. The molecule has 0 saturated carbocycles. The highest BCUT2D eigenvalue weighted by molar-refractivity contribution is 6.16. The Morgan fingerprint density at radius 3 is 2.29 bits per heavy atom. The van der Waals surface area contributed by atoms with Gasteiger partial charge in [0, 0.05) is 91.2 Å². The number of aliphatic hydroxyl groups is 4. The number of fused-ring (bicyclic) bond motifs is 2. The second-order valence-corrected chi connectivity index (χ2v) is 19.4. The number of amides is 2. The molecule has 1 aromatic heterocycles. The van der Waals surface area contributed by atoms with Crippen LogP contribution in [0, 0.1) is 36.5 Å². The molecule has 0 aliphatic carbocycles. The van der Waals surface area contributed by atoms with E-state index >= 15 is 0 Å². The van der Waals surface area contributed by atoms with E-state index in [1.54, 1.807) is 45.9 Å². The highest BCUT2D eigenvalue weighted by atomic mass is 16.7. The van der Waals surface area contributed by atoms with Crippen LogP contribution in [0.5, 0.6) is 11.5 Å². The van der Waals surface area contributed by atoms with Crippen molar-refractivity contribution in [3.63, 3.8) is 0 Å². The number of methoxy groups -OCH3 is 1. The average Bonchev–Trinajstić information content (AvgIpc) is 3.59. The Labute approximate surface area is 398 Å². The molecule has 2 amide bonds. The van der Waals surface area contributed by atoms with Crippen molar-refractivity contribution in [2.75, 3.05) is 37.0 Å². The van der Waals surface area contributed by atoms with Gasteiger partial charge in [0.05, 0.1) is 47.9 Å². The van der Waals surface area contributed by atoms with E-state index in [1.807, 2.05) is 18.7 Å². The maximum atomic E-state index is 14.9. The summed E-state index contributed by atoms with van der Waals surface area (Å²) in [7, 11) is 1.44. The molecular formula is C51H64N4O14. The second kappa shape index (κ2) is 20.0. The van der Waals surface area contributed by atoms with Crippen LogP contribution in [-0.2, 0) is 19.0 Å². The van der Waals surface area contributed by atoms with Crippen LogP contribution in [0.2, 0.25) is 0 Å². The van der Waals surface area contributed by atoms with Crippen LogP contribution in [0.25, 0.3) is 38.7 Å². The minimum atomic E-state index is -1.98. The molecule has 372 valence electrons.